The molecule has 1 aromatic rings. The van der Waals surface area contributed by atoms with E-state index in [1.165, 1.54) is 12.0 Å². The third-order valence-electron chi connectivity index (χ3n) is 2.60. The highest BCUT2D eigenvalue weighted by Gasteiger charge is 2.08. The minimum Gasteiger partial charge on any atom is -0.389 e. The summed E-state index contributed by atoms with van der Waals surface area (Å²) >= 11 is 1.95. The van der Waals surface area contributed by atoms with Gasteiger partial charge >= 0.3 is 0 Å². The molecule has 0 bridgehead atoms. The Morgan fingerprint density at radius 1 is 1.27 bits per heavy atom. The Labute approximate surface area is 96.9 Å². The van der Waals surface area contributed by atoms with Crippen LogP contribution in [-0.4, -0.2) is 10.4 Å². The lowest BCUT2D eigenvalue weighted by molar-refractivity contribution is 0.198. The predicted octanol–water partition coefficient (Wildman–Crippen LogP) is 3.77. The normalized spacial score (nSPS) is 14.9. The number of benzene rings is 1. The van der Waals surface area contributed by atoms with Crippen molar-refractivity contribution in [2.75, 3.05) is 0 Å². The maximum atomic E-state index is 9.62. The molecule has 2 atom stereocenters. The van der Waals surface area contributed by atoms with Crippen LogP contribution in [0.1, 0.15) is 44.4 Å². The molecule has 1 nitrogen and oxygen atoms in total. The minimum atomic E-state index is -0.362. The molecule has 0 aromatic heterocycles. The summed E-state index contributed by atoms with van der Waals surface area (Å²) in [5.74, 6) is 0.996. The average Bonchev–Trinajstić information content (AvgIpc) is 2.26. The van der Waals surface area contributed by atoms with Gasteiger partial charge < -0.3 is 5.11 Å². The summed E-state index contributed by atoms with van der Waals surface area (Å²) in [7, 11) is 0. The van der Waals surface area contributed by atoms with Gasteiger partial charge in [-0.05, 0) is 24.5 Å². The lowest BCUT2D eigenvalue weighted by atomic mass is 10.1. The lowest BCUT2D eigenvalue weighted by Crippen LogP contribution is -1.99. The molecule has 0 heterocycles. The third-order valence-corrected chi connectivity index (χ3v) is 3.98. The molecular weight excluding hydrogens is 204 g/mol. The first kappa shape index (κ1) is 12.6. The Kier molecular flexibility index (Phi) is 5.20. The highest BCUT2D eigenvalue weighted by atomic mass is 32.2. The van der Waals surface area contributed by atoms with Gasteiger partial charge in [0.1, 0.15) is 0 Å². The van der Waals surface area contributed by atoms with E-state index in [9.17, 15) is 5.11 Å². The van der Waals surface area contributed by atoms with Crippen molar-refractivity contribution in [1.29, 1.82) is 0 Å². The third kappa shape index (κ3) is 3.88. The van der Waals surface area contributed by atoms with Crippen molar-refractivity contribution in [3.8, 4) is 0 Å². The molecule has 0 amide bonds. The van der Waals surface area contributed by atoms with Crippen LogP contribution in [0.2, 0.25) is 0 Å². The maximum Gasteiger partial charge on any atom is 0.0764 e. The number of thioether (sulfide) groups is 1. The van der Waals surface area contributed by atoms with Crippen LogP contribution in [0.15, 0.2) is 24.3 Å². The second kappa shape index (κ2) is 6.19. The SMILES string of the molecule is CCC(C)SCc1ccccc1C(C)O. The molecule has 0 saturated carbocycles. The van der Waals surface area contributed by atoms with E-state index in [1.54, 1.807) is 0 Å². The summed E-state index contributed by atoms with van der Waals surface area (Å²) in [6, 6.07) is 8.15. The molecular formula is C13H20OS. The monoisotopic (exact) mass is 224 g/mol. The fraction of sp³-hybridized carbons (Fsp3) is 0.538. The zero-order valence-corrected chi connectivity index (χ0v) is 10.6. The van der Waals surface area contributed by atoms with Crippen molar-refractivity contribution in [2.45, 2.75) is 44.3 Å². The number of rotatable bonds is 5. The topological polar surface area (TPSA) is 20.2 Å². The number of hydrogen-bond donors (Lipinski definition) is 1. The fourth-order valence-electron chi connectivity index (χ4n) is 1.42. The highest BCUT2D eigenvalue weighted by Crippen LogP contribution is 2.25. The van der Waals surface area contributed by atoms with Crippen LogP contribution in [0.25, 0.3) is 0 Å². The first-order chi connectivity index (χ1) is 7.15. The smallest absolute Gasteiger partial charge is 0.0764 e. The van der Waals surface area contributed by atoms with Gasteiger partial charge in [0, 0.05) is 11.0 Å². The van der Waals surface area contributed by atoms with E-state index in [1.807, 2.05) is 36.9 Å². The highest BCUT2D eigenvalue weighted by molar-refractivity contribution is 7.99. The van der Waals surface area contributed by atoms with Gasteiger partial charge in [-0.1, -0.05) is 38.1 Å². The molecule has 0 spiro atoms. The number of hydrogen-bond acceptors (Lipinski definition) is 2. The second-order valence-electron chi connectivity index (χ2n) is 3.90. The van der Waals surface area contributed by atoms with Gasteiger partial charge in [-0.25, -0.2) is 0 Å². The first-order valence-electron chi connectivity index (χ1n) is 5.52. The second-order valence-corrected chi connectivity index (χ2v) is 5.33. The van der Waals surface area contributed by atoms with Gasteiger partial charge in [-0.15, -0.1) is 0 Å². The molecule has 2 heteroatoms. The summed E-state index contributed by atoms with van der Waals surface area (Å²) in [5, 5.41) is 10.3. The van der Waals surface area contributed by atoms with Crippen LogP contribution in [0.4, 0.5) is 0 Å². The van der Waals surface area contributed by atoms with E-state index < -0.39 is 0 Å². The molecule has 0 radical (unpaired) electrons. The fourth-order valence-corrected chi connectivity index (χ4v) is 2.39. The van der Waals surface area contributed by atoms with Crippen LogP contribution in [-0.2, 0) is 5.75 Å². The molecule has 0 aliphatic heterocycles. The number of aliphatic hydroxyl groups is 1. The van der Waals surface area contributed by atoms with Crippen molar-refractivity contribution in [3.63, 3.8) is 0 Å². The van der Waals surface area contributed by atoms with E-state index in [0.29, 0.717) is 5.25 Å². The summed E-state index contributed by atoms with van der Waals surface area (Å²) in [6.07, 6.45) is 0.834. The van der Waals surface area contributed by atoms with Gasteiger partial charge in [-0.3, -0.25) is 0 Å². The largest absolute Gasteiger partial charge is 0.389 e. The van der Waals surface area contributed by atoms with Crippen molar-refractivity contribution < 1.29 is 5.11 Å². The van der Waals surface area contributed by atoms with Crippen molar-refractivity contribution in [1.82, 2.24) is 0 Å². The van der Waals surface area contributed by atoms with E-state index in [2.05, 4.69) is 19.9 Å². The molecule has 0 fully saturated rings. The maximum absolute atomic E-state index is 9.62. The lowest BCUT2D eigenvalue weighted by Gasteiger charge is -2.13. The van der Waals surface area contributed by atoms with E-state index in [-0.39, 0.29) is 6.10 Å². The Morgan fingerprint density at radius 2 is 1.93 bits per heavy atom. The van der Waals surface area contributed by atoms with Crippen LogP contribution >= 0.6 is 11.8 Å². The summed E-state index contributed by atoms with van der Waals surface area (Å²) in [5.41, 5.74) is 2.33. The van der Waals surface area contributed by atoms with Crippen LogP contribution < -0.4 is 0 Å². The zero-order chi connectivity index (χ0) is 11.3. The Balaban J connectivity index is 2.67. The van der Waals surface area contributed by atoms with Gasteiger partial charge in [0.2, 0.25) is 0 Å². The molecule has 0 aliphatic carbocycles. The van der Waals surface area contributed by atoms with Gasteiger partial charge in [-0.2, -0.15) is 11.8 Å². The van der Waals surface area contributed by atoms with E-state index in [0.717, 1.165) is 11.3 Å². The Morgan fingerprint density at radius 3 is 2.53 bits per heavy atom. The van der Waals surface area contributed by atoms with Gasteiger partial charge in [0.25, 0.3) is 0 Å². The molecule has 0 saturated heterocycles. The molecule has 84 valence electrons. The first-order valence-corrected chi connectivity index (χ1v) is 6.57. The molecule has 1 rings (SSSR count). The van der Waals surface area contributed by atoms with Gasteiger partial charge in [0.05, 0.1) is 6.10 Å². The van der Waals surface area contributed by atoms with Crippen molar-refractivity contribution in [3.05, 3.63) is 35.4 Å². The van der Waals surface area contributed by atoms with Crippen molar-refractivity contribution in [2.24, 2.45) is 0 Å². The minimum absolute atomic E-state index is 0.362. The van der Waals surface area contributed by atoms with Crippen LogP contribution in [0.5, 0.6) is 0 Å². The quantitative estimate of drug-likeness (QED) is 0.821. The Bertz CT molecular complexity index is 296. The van der Waals surface area contributed by atoms with E-state index in [4.69, 9.17) is 0 Å². The summed E-state index contributed by atoms with van der Waals surface area (Å²) < 4.78 is 0. The molecule has 1 N–H and O–H groups in total. The molecule has 0 aliphatic rings. The standard InChI is InChI=1S/C13H20OS/c1-4-10(2)15-9-12-7-5-6-8-13(12)11(3)14/h5-8,10-11,14H,4,9H2,1-3H3. The van der Waals surface area contributed by atoms with Crippen molar-refractivity contribution >= 4 is 11.8 Å². The van der Waals surface area contributed by atoms with E-state index >= 15 is 0 Å². The summed E-state index contributed by atoms with van der Waals surface area (Å²) in [4.78, 5) is 0. The predicted molar refractivity (Wildman–Crippen MR) is 68.1 cm³/mol. The molecule has 2 unspecified atom stereocenters. The molecule has 15 heavy (non-hydrogen) atoms. The summed E-state index contributed by atoms with van der Waals surface area (Å²) in [6.45, 7) is 6.28. The van der Waals surface area contributed by atoms with Crippen LogP contribution in [0.3, 0.4) is 0 Å². The zero-order valence-electron chi connectivity index (χ0n) is 9.73. The van der Waals surface area contributed by atoms with Gasteiger partial charge in [0.15, 0.2) is 0 Å². The average molecular weight is 224 g/mol. The number of aliphatic hydroxyl groups excluding tert-OH is 1. The Hall–Kier alpha value is -0.470. The molecule has 1 aromatic carbocycles. The van der Waals surface area contributed by atoms with Crippen LogP contribution in [0, 0.1) is 0 Å².